The van der Waals surface area contributed by atoms with Crippen molar-refractivity contribution in [2.45, 2.75) is 37.6 Å². The second kappa shape index (κ2) is 4.59. The molecule has 5 nitrogen and oxygen atoms in total. The van der Waals surface area contributed by atoms with Crippen LogP contribution in [-0.4, -0.2) is 29.4 Å². The summed E-state index contributed by atoms with van der Waals surface area (Å²) >= 11 is 1.41. The summed E-state index contributed by atoms with van der Waals surface area (Å²) in [4.78, 5) is 0. The van der Waals surface area contributed by atoms with Crippen molar-refractivity contribution in [3.05, 3.63) is 0 Å². The van der Waals surface area contributed by atoms with Gasteiger partial charge in [-0.15, -0.1) is 0 Å². The molecule has 1 saturated heterocycles. The molecule has 4 N–H and O–H groups in total. The Morgan fingerprint density at radius 1 is 1.47 bits per heavy atom. The zero-order chi connectivity index (χ0) is 10.7. The van der Waals surface area contributed by atoms with Gasteiger partial charge >= 0.3 is 0 Å². The molecule has 1 unspecified atom stereocenters. The standard InChI is InChI=1S/C9H17N3O2S/c10-8(12-11)15-6-7-5-13-9(14-7)3-1-2-4-9/h7H,1-6,11H2,(H2,10,12). The van der Waals surface area contributed by atoms with Gasteiger partial charge in [0.05, 0.1) is 12.7 Å². The Morgan fingerprint density at radius 2 is 2.20 bits per heavy atom. The average Bonchev–Trinajstić information content (AvgIpc) is 2.86. The molecule has 0 aromatic carbocycles. The van der Waals surface area contributed by atoms with Gasteiger partial charge in [0, 0.05) is 18.6 Å². The van der Waals surface area contributed by atoms with E-state index >= 15 is 0 Å². The van der Waals surface area contributed by atoms with E-state index in [1.54, 1.807) is 0 Å². The summed E-state index contributed by atoms with van der Waals surface area (Å²) in [5, 5.41) is 3.79. The van der Waals surface area contributed by atoms with Crippen LogP contribution < -0.4 is 11.6 Å². The lowest BCUT2D eigenvalue weighted by Crippen LogP contribution is -2.27. The molecule has 0 radical (unpaired) electrons. The second-order valence-electron chi connectivity index (χ2n) is 3.95. The van der Waals surface area contributed by atoms with E-state index in [0.29, 0.717) is 11.8 Å². The largest absolute Gasteiger partial charge is 0.377 e. The quantitative estimate of drug-likeness (QED) is 0.314. The number of nitrogens with zero attached hydrogens (tertiary/aromatic N) is 1. The van der Waals surface area contributed by atoms with Crippen LogP contribution in [0.1, 0.15) is 25.7 Å². The first-order chi connectivity index (χ1) is 7.24. The molecule has 1 saturated carbocycles. The Hall–Kier alpha value is -0.460. The van der Waals surface area contributed by atoms with Crippen LogP contribution in [0.25, 0.3) is 0 Å². The van der Waals surface area contributed by atoms with E-state index in [0.717, 1.165) is 18.6 Å². The van der Waals surface area contributed by atoms with Crippen molar-refractivity contribution in [3.63, 3.8) is 0 Å². The molecular formula is C9H17N3O2S. The van der Waals surface area contributed by atoms with Crippen molar-refractivity contribution >= 4 is 16.9 Å². The van der Waals surface area contributed by atoms with Gasteiger partial charge < -0.3 is 21.1 Å². The van der Waals surface area contributed by atoms with Gasteiger partial charge in [-0.05, 0) is 12.8 Å². The summed E-state index contributed by atoms with van der Waals surface area (Å²) in [7, 11) is 0. The van der Waals surface area contributed by atoms with Crippen LogP contribution in [0.3, 0.4) is 0 Å². The molecule has 2 rings (SSSR count). The number of amidine groups is 1. The molecule has 6 heteroatoms. The van der Waals surface area contributed by atoms with Crippen LogP contribution in [0.2, 0.25) is 0 Å². The monoisotopic (exact) mass is 231 g/mol. The second-order valence-corrected chi connectivity index (χ2v) is 4.99. The average molecular weight is 231 g/mol. The maximum atomic E-state index is 5.91. The molecule has 15 heavy (non-hydrogen) atoms. The minimum Gasteiger partial charge on any atom is -0.377 e. The molecule has 0 aromatic rings. The van der Waals surface area contributed by atoms with Gasteiger partial charge in [-0.3, -0.25) is 0 Å². The van der Waals surface area contributed by atoms with Gasteiger partial charge in [-0.1, -0.05) is 11.8 Å². The molecule has 0 aromatic heterocycles. The third-order valence-corrected chi connectivity index (χ3v) is 3.76. The molecule has 1 aliphatic heterocycles. The Kier molecular flexibility index (Phi) is 3.38. The van der Waals surface area contributed by atoms with Crippen molar-refractivity contribution < 1.29 is 9.47 Å². The molecule has 2 fully saturated rings. The van der Waals surface area contributed by atoms with Gasteiger partial charge in [0.25, 0.3) is 0 Å². The molecule has 1 spiro atoms. The van der Waals surface area contributed by atoms with E-state index in [1.165, 1.54) is 24.6 Å². The van der Waals surface area contributed by atoms with Crippen LogP contribution in [0, 0.1) is 0 Å². The van der Waals surface area contributed by atoms with Crippen LogP contribution in [0.15, 0.2) is 5.10 Å². The summed E-state index contributed by atoms with van der Waals surface area (Å²) in [6.07, 6.45) is 4.57. The highest BCUT2D eigenvalue weighted by molar-refractivity contribution is 8.13. The predicted molar refractivity (Wildman–Crippen MR) is 60.3 cm³/mol. The molecule has 1 aliphatic carbocycles. The zero-order valence-electron chi connectivity index (χ0n) is 8.65. The number of nitrogens with two attached hydrogens (primary N) is 2. The van der Waals surface area contributed by atoms with E-state index in [9.17, 15) is 0 Å². The van der Waals surface area contributed by atoms with Crippen LogP contribution in [0.5, 0.6) is 0 Å². The molecule has 1 atom stereocenters. The highest BCUT2D eigenvalue weighted by Gasteiger charge is 2.43. The van der Waals surface area contributed by atoms with Crippen molar-refractivity contribution in [3.8, 4) is 0 Å². The van der Waals surface area contributed by atoms with Gasteiger partial charge in [0.2, 0.25) is 0 Å². The van der Waals surface area contributed by atoms with Crippen molar-refractivity contribution in [2.75, 3.05) is 12.4 Å². The number of hydrogen-bond acceptors (Lipinski definition) is 5. The number of hydrazone groups is 1. The fourth-order valence-electron chi connectivity index (χ4n) is 2.09. The summed E-state index contributed by atoms with van der Waals surface area (Å²) in [6.45, 7) is 0.658. The molecule has 0 bridgehead atoms. The summed E-state index contributed by atoms with van der Waals surface area (Å²) in [6, 6.07) is 0. The fraction of sp³-hybridized carbons (Fsp3) is 0.889. The lowest BCUT2D eigenvalue weighted by molar-refractivity contribution is -0.159. The number of thioether (sulfide) groups is 1. The third-order valence-electron chi connectivity index (χ3n) is 2.82. The number of rotatable bonds is 2. The van der Waals surface area contributed by atoms with E-state index < -0.39 is 0 Å². The van der Waals surface area contributed by atoms with Gasteiger partial charge in [-0.2, -0.15) is 5.10 Å². The van der Waals surface area contributed by atoms with Crippen molar-refractivity contribution in [2.24, 2.45) is 16.7 Å². The smallest absolute Gasteiger partial charge is 0.177 e. The summed E-state index contributed by atoms with van der Waals surface area (Å²) < 4.78 is 11.6. The van der Waals surface area contributed by atoms with Gasteiger partial charge in [0.15, 0.2) is 11.0 Å². The first-order valence-corrected chi connectivity index (χ1v) is 6.21. The molecular weight excluding hydrogens is 214 g/mol. The van der Waals surface area contributed by atoms with Crippen LogP contribution in [-0.2, 0) is 9.47 Å². The number of ether oxygens (including phenoxy) is 2. The van der Waals surface area contributed by atoms with Crippen LogP contribution >= 0.6 is 11.8 Å². The van der Waals surface area contributed by atoms with E-state index in [1.807, 2.05) is 0 Å². The number of hydrogen-bond donors (Lipinski definition) is 2. The highest BCUT2D eigenvalue weighted by Crippen LogP contribution is 2.39. The fourth-order valence-corrected chi connectivity index (χ4v) is 2.69. The molecule has 86 valence electrons. The minimum absolute atomic E-state index is 0.119. The van der Waals surface area contributed by atoms with Crippen molar-refractivity contribution in [1.29, 1.82) is 0 Å². The predicted octanol–water partition coefficient (Wildman–Crippen LogP) is 0.594. The maximum Gasteiger partial charge on any atom is 0.177 e. The Morgan fingerprint density at radius 3 is 2.87 bits per heavy atom. The zero-order valence-corrected chi connectivity index (χ0v) is 9.46. The normalized spacial score (nSPS) is 30.1. The van der Waals surface area contributed by atoms with Gasteiger partial charge in [0.1, 0.15) is 0 Å². The maximum absolute atomic E-state index is 5.91. The third kappa shape index (κ3) is 2.56. The van der Waals surface area contributed by atoms with Crippen molar-refractivity contribution in [1.82, 2.24) is 0 Å². The summed E-state index contributed by atoms with van der Waals surface area (Å²) in [5.74, 6) is 5.52. The first kappa shape index (κ1) is 11.0. The van der Waals surface area contributed by atoms with Gasteiger partial charge in [-0.25, -0.2) is 0 Å². The molecule has 2 aliphatic rings. The minimum atomic E-state index is -0.278. The molecule has 1 heterocycles. The Bertz CT molecular complexity index is 254. The van der Waals surface area contributed by atoms with Crippen LogP contribution in [0.4, 0.5) is 0 Å². The molecule has 0 amide bonds. The SMILES string of the molecule is NN=C(N)SCC1COC2(CCCC2)O1. The Balaban J connectivity index is 1.77. The highest BCUT2D eigenvalue weighted by atomic mass is 32.2. The Labute approximate surface area is 93.5 Å². The summed E-state index contributed by atoms with van der Waals surface area (Å²) in [5.41, 5.74) is 5.49. The van der Waals surface area contributed by atoms with E-state index in [4.69, 9.17) is 21.1 Å². The van der Waals surface area contributed by atoms with E-state index in [-0.39, 0.29) is 11.9 Å². The topological polar surface area (TPSA) is 82.9 Å². The lowest BCUT2D eigenvalue weighted by atomic mass is 10.2. The van der Waals surface area contributed by atoms with E-state index in [2.05, 4.69) is 5.10 Å². The first-order valence-electron chi connectivity index (χ1n) is 5.22. The lowest BCUT2D eigenvalue weighted by Gasteiger charge is -2.21.